The molecule has 0 bridgehead atoms. The molecule has 0 rings (SSSR count). The summed E-state index contributed by atoms with van der Waals surface area (Å²) < 4.78 is 23.5. The summed E-state index contributed by atoms with van der Waals surface area (Å²) in [6, 6.07) is -0.861. The molecule has 3 unspecified atom stereocenters. The average Bonchev–Trinajstić information content (AvgIpc) is 3.28. The Morgan fingerprint density at radius 1 is 0.530 bits per heavy atom. The predicted octanol–water partition coefficient (Wildman–Crippen LogP) is 16.1. The van der Waals surface area contributed by atoms with Gasteiger partial charge in [0.05, 0.1) is 39.9 Å². The van der Waals surface area contributed by atoms with Gasteiger partial charge in [-0.05, 0) is 70.6 Å². The number of carbonyl (C=O) groups is 1. The van der Waals surface area contributed by atoms with Crippen molar-refractivity contribution in [2.24, 2.45) is 0 Å². The lowest BCUT2D eigenvalue weighted by Gasteiger charge is -2.25. The number of phosphoric ester groups is 1. The van der Waals surface area contributed by atoms with Crippen LogP contribution in [0.4, 0.5) is 0 Å². The van der Waals surface area contributed by atoms with Crippen LogP contribution in [0.15, 0.2) is 85.1 Å². The van der Waals surface area contributed by atoms with Crippen molar-refractivity contribution in [3.8, 4) is 0 Å². The van der Waals surface area contributed by atoms with Gasteiger partial charge < -0.3 is 19.8 Å². The van der Waals surface area contributed by atoms with Crippen LogP contribution >= 0.6 is 7.82 Å². The quantitative estimate of drug-likeness (QED) is 0.0243. The van der Waals surface area contributed by atoms with Crippen LogP contribution in [0.1, 0.15) is 219 Å². The molecule has 0 spiro atoms. The Hall–Kier alpha value is -2.32. The van der Waals surface area contributed by atoms with Crippen molar-refractivity contribution in [1.29, 1.82) is 0 Å². The molecule has 9 heteroatoms. The van der Waals surface area contributed by atoms with Crippen molar-refractivity contribution >= 4 is 13.7 Å². The lowest BCUT2D eigenvalue weighted by Crippen LogP contribution is -2.45. The Kier molecular flexibility index (Phi) is 46.1. The summed E-state index contributed by atoms with van der Waals surface area (Å²) in [5.74, 6) is -0.192. The van der Waals surface area contributed by atoms with Gasteiger partial charge in [-0.25, -0.2) is 4.57 Å². The maximum absolute atomic E-state index is 12.8. The van der Waals surface area contributed by atoms with Crippen LogP contribution in [0.2, 0.25) is 0 Å². The molecule has 0 heterocycles. The highest BCUT2D eigenvalue weighted by Gasteiger charge is 2.27. The van der Waals surface area contributed by atoms with Gasteiger partial charge in [-0.2, -0.15) is 0 Å². The van der Waals surface area contributed by atoms with E-state index in [1.165, 1.54) is 122 Å². The first kappa shape index (κ1) is 63.7. The third-order valence-electron chi connectivity index (χ3n) is 11.6. The summed E-state index contributed by atoms with van der Waals surface area (Å²) in [5.41, 5.74) is 0. The normalized spacial score (nSPS) is 14.7. The second kappa shape index (κ2) is 47.7. The van der Waals surface area contributed by atoms with E-state index in [0.29, 0.717) is 17.4 Å². The number of likely N-dealkylation sites (N-methyl/N-ethyl adjacent to an activating group) is 1. The minimum atomic E-state index is -4.34. The first-order chi connectivity index (χ1) is 32.0. The van der Waals surface area contributed by atoms with Gasteiger partial charge >= 0.3 is 7.82 Å². The van der Waals surface area contributed by atoms with Gasteiger partial charge in [-0.3, -0.25) is 13.8 Å². The summed E-state index contributed by atoms with van der Waals surface area (Å²) in [6.07, 6.45) is 67.4. The third kappa shape index (κ3) is 49.6. The van der Waals surface area contributed by atoms with Crippen LogP contribution in [-0.2, 0) is 18.4 Å². The number of hydrogen-bond acceptors (Lipinski definition) is 5. The fourth-order valence-electron chi connectivity index (χ4n) is 7.39. The Bertz CT molecular complexity index is 1350. The number of quaternary nitrogens is 1. The van der Waals surface area contributed by atoms with E-state index in [0.717, 1.165) is 77.0 Å². The van der Waals surface area contributed by atoms with E-state index in [9.17, 15) is 19.4 Å². The van der Waals surface area contributed by atoms with Crippen molar-refractivity contribution < 1.29 is 32.9 Å². The smallest absolute Gasteiger partial charge is 0.387 e. The fraction of sp³-hybridized carbons (Fsp3) is 0.737. The molecular weight excluding hydrogens is 840 g/mol. The molecule has 0 radical (unpaired) electrons. The molecule has 0 aliphatic carbocycles. The number of nitrogens with one attached hydrogen (secondary N) is 1. The van der Waals surface area contributed by atoms with Crippen molar-refractivity contribution in [1.82, 2.24) is 5.32 Å². The summed E-state index contributed by atoms with van der Waals surface area (Å²) in [4.78, 5) is 23.1. The number of carbonyl (C=O) groups excluding carboxylic acids is 1. The Morgan fingerprint density at radius 2 is 0.924 bits per heavy atom. The molecule has 0 saturated heterocycles. The number of aliphatic hydroxyl groups excluding tert-OH is 1. The number of nitrogens with zero attached hydrogens (tertiary/aromatic N) is 1. The van der Waals surface area contributed by atoms with E-state index in [4.69, 9.17) is 9.05 Å². The van der Waals surface area contributed by atoms with Crippen LogP contribution in [0.5, 0.6) is 0 Å². The monoisotopic (exact) mass is 944 g/mol. The molecule has 0 aliphatic heterocycles. The molecular formula is C57H104N2O6P+. The Labute approximate surface area is 407 Å². The molecule has 66 heavy (non-hydrogen) atoms. The SMILES string of the molecule is CC/C=C\C/C=C\C/C=C\C/C=C\C/C=C\CCCCCCCCCCCCCCCCCCCCCCCC(=O)NC(COP(=O)(O)OCC[N+](C)(C)C)C(O)/C=C/CC/C=C/CCC. The van der Waals surface area contributed by atoms with Gasteiger partial charge in [0, 0.05) is 6.42 Å². The van der Waals surface area contributed by atoms with Gasteiger partial charge in [0.25, 0.3) is 0 Å². The zero-order valence-corrected chi connectivity index (χ0v) is 44.3. The van der Waals surface area contributed by atoms with E-state index < -0.39 is 20.0 Å². The first-order valence-corrected chi connectivity index (χ1v) is 28.5. The maximum Gasteiger partial charge on any atom is 0.472 e. The highest BCUT2D eigenvalue weighted by atomic mass is 31.2. The van der Waals surface area contributed by atoms with Gasteiger partial charge in [-0.1, -0.05) is 227 Å². The minimum Gasteiger partial charge on any atom is -0.387 e. The van der Waals surface area contributed by atoms with Gasteiger partial charge in [-0.15, -0.1) is 0 Å². The van der Waals surface area contributed by atoms with Crippen molar-refractivity contribution in [2.45, 2.75) is 231 Å². The molecule has 0 fully saturated rings. The summed E-state index contributed by atoms with van der Waals surface area (Å²) in [5, 5.41) is 13.7. The summed E-state index contributed by atoms with van der Waals surface area (Å²) in [6.45, 7) is 4.56. The second-order valence-corrected chi connectivity index (χ2v) is 20.7. The van der Waals surface area contributed by atoms with Crippen molar-refractivity contribution in [3.05, 3.63) is 85.1 Å². The number of hydrogen-bond donors (Lipinski definition) is 3. The van der Waals surface area contributed by atoms with Crippen molar-refractivity contribution in [3.63, 3.8) is 0 Å². The van der Waals surface area contributed by atoms with Crippen LogP contribution in [0, 0.1) is 0 Å². The molecule has 0 aromatic rings. The summed E-state index contributed by atoms with van der Waals surface area (Å²) in [7, 11) is 1.55. The average molecular weight is 944 g/mol. The van der Waals surface area contributed by atoms with Gasteiger partial charge in [0.15, 0.2) is 0 Å². The van der Waals surface area contributed by atoms with E-state index >= 15 is 0 Å². The van der Waals surface area contributed by atoms with E-state index in [1.807, 2.05) is 27.2 Å². The van der Waals surface area contributed by atoms with Crippen LogP contribution in [0.25, 0.3) is 0 Å². The van der Waals surface area contributed by atoms with E-state index in [1.54, 1.807) is 6.08 Å². The fourth-order valence-corrected chi connectivity index (χ4v) is 8.12. The maximum atomic E-state index is 12.8. The molecule has 3 N–H and O–H groups in total. The first-order valence-electron chi connectivity index (χ1n) is 27.0. The Balaban J connectivity index is 3.83. The molecule has 0 aromatic carbocycles. The highest BCUT2D eigenvalue weighted by Crippen LogP contribution is 2.43. The zero-order valence-electron chi connectivity index (χ0n) is 43.4. The number of allylic oxidation sites excluding steroid dienone is 13. The van der Waals surface area contributed by atoms with Crippen LogP contribution < -0.4 is 5.32 Å². The summed E-state index contributed by atoms with van der Waals surface area (Å²) >= 11 is 0. The van der Waals surface area contributed by atoms with Gasteiger partial charge in [0.1, 0.15) is 13.2 Å². The second-order valence-electron chi connectivity index (χ2n) is 19.2. The molecule has 0 aliphatic rings. The Morgan fingerprint density at radius 3 is 1.38 bits per heavy atom. The number of aliphatic hydroxyl groups is 1. The van der Waals surface area contributed by atoms with Crippen LogP contribution in [-0.4, -0.2) is 73.4 Å². The molecule has 0 saturated carbocycles. The molecule has 382 valence electrons. The van der Waals surface area contributed by atoms with Crippen molar-refractivity contribution in [2.75, 3.05) is 40.9 Å². The number of phosphoric acid groups is 1. The molecule has 1 amide bonds. The predicted molar refractivity (Wildman–Crippen MR) is 286 cm³/mol. The number of rotatable bonds is 48. The van der Waals surface area contributed by atoms with E-state index in [-0.39, 0.29) is 19.1 Å². The molecule has 8 nitrogen and oxygen atoms in total. The van der Waals surface area contributed by atoms with Gasteiger partial charge in [0.2, 0.25) is 5.91 Å². The largest absolute Gasteiger partial charge is 0.472 e. The van der Waals surface area contributed by atoms with Crippen LogP contribution in [0.3, 0.4) is 0 Å². The highest BCUT2D eigenvalue weighted by molar-refractivity contribution is 7.47. The number of unbranched alkanes of at least 4 members (excludes halogenated alkanes) is 23. The molecule has 3 atom stereocenters. The van der Waals surface area contributed by atoms with E-state index in [2.05, 4.69) is 92.1 Å². The molecule has 0 aromatic heterocycles. The lowest BCUT2D eigenvalue weighted by molar-refractivity contribution is -0.870. The lowest BCUT2D eigenvalue weighted by atomic mass is 10.0. The zero-order chi connectivity index (χ0) is 48.5. The third-order valence-corrected chi connectivity index (χ3v) is 12.6. The number of amides is 1. The standard InChI is InChI=1S/C57H103N2O6P/c1-6-8-10-12-14-15-16-17-18-19-20-21-22-23-24-25-26-27-28-29-30-31-32-33-34-35-36-37-38-39-40-41-42-43-45-47-49-51-57(61)58-55(56(60)50-48-46-44-13-11-9-7-2)54-65-66(62,63)64-53-52-59(3,4)5/h8,10-11,13-15,17-18,20-21,23-24,48,50,55-56,60H,6-7,9,12,16,19,22,25-47,49,51-54H2,1-5H3,(H-,58,61,62,63)/p+1/b10-8-,13-11+,15-14-,18-17-,21-20-,24-23-,50-48+. The minimum absolute atomic E-state index is 0.0541. The topological polar surface area (TPSA) is 105 Å².